The van der Waals surface area contributed by atoms with Gasteiger partial charge in [0, 0.05) is 12.1 Å². The second-order valence-electron chi connectivity index (χ2n) is 4.27. The molecule has 15 heavy (non-hydrogen) atoms. The van der Waals surface area contributed by atoms with Gasteiger partial charge in [-0.25, -0.2) is 0 Å². The summed E-state index contributed by atoms with van der Waals surface area (Å²) in [5.74, 6) is -3.32. The van der Waals surface area contributed by atoms with E-state index in [1.807, 2.05) is 0 Å². The van der Waals surface area contributed by atoms with E-state index in [0.717, 1.165) is 0 Å². The molecule has 0 aliphatic carbocycles. The van der Waals surface area contributed by atoms with Gasteiger partial charge in [-0.2, -0.15) is 26.3 Å². The Kier molecular flexibility index (Phi) is 4.06. The van der Waals surface area contributed by atoms with Crippen molar-refractivity contribution in [2.45, 2.75) is 38.7 Å². The Morgan fingerprint density at radius 1 is 0.867 bits per heavy atom. The lowest BCUT2D eigenvalue weighted by molar-refractivity contribution is -0.282. The SMILES string of the molecule is CC(C)(C)NCC(C(F)(F)F)C(F)(F)F. The zero-order valence-corrected chi connectivity index (χ0v) is 8.55. The van der Waals surface area contributed by atoms with Crippen LogP contribution in [0.15, 0.2) is 0 Å². The number of hydrogen-bond donors (Lipinski definition) is 1. The van der Waals surface area contributed by atoms with Gasteiger partial charge in [-0.1, -0.05) is 0 Å². The van der Waals surface area contributed by atoms with Gasteiger partial charge in [-0.05, 0) is 20.8 Å². The maximum Gasteiger partial charge on any atom is 0.401 e. The zero-order chi connectivity index (χ0) is 12.5. The van der Waals surface area contributed by atoms with Crippen molar-refractivity contribution in [2.75, 3.05) is 6.54 Å². The van der Waals surface area contributed by atoms with Crippen LogP contribution < -0.4 is 5.32 Å². The molecule has 0 aromatic heterocycles. The second-order valence-corrected chi connectivity index (χ2v) is 4.27. The third-order valence-corrected chi connectivity index (χ3v) is 1.63. The topological polar surface area (TPSA) is 12.0 Å². The summed E-state index contributed by atoms with van der Waals surface area (Å²) < 4.78 is 72.2. The monoisotopic (exact) mass is 237 g/mol. The van der Waals surface area contributed by atoms with Crippen LogP contribution in [0.1, 0.15) is 20.8 Å². The van der Waals surface area contributed by atoms with E-state index >= 15 is 0 Å². The van der Waals surface area contributed by atoms with Crippen LogP contribution in [0.5, 0.6) is 0 Å². The van der Waals surface area contributed by atoms with Gasteiger partial charge in [0.2, 0.25) is 0 Å². The highest BCUT2D eigenvalue weighted by Gasteiger charge is 2.56. The summed E-state index contributed by atoms with van der Waals surface area (Å²) in [4.78, 5) is 0. The van der Waals surface area contributed by atoms with Gasteiger partial charge in [0.1, 0.15) is 0 Å². The molecule has 0 aliphatic rings. The molecule has 0 amide bonds. The molecule has 0 bridgehead atoms. The van der Waals surface area contributed by atoms with Crippen LogP contribution >= 0.6 is 0 Å². The molecule has 0 radical (unpaired) electrons. The predicted molar refractivity (Wildman–Crippen MR) is 43.4 cm³/mol. The van der Waals surface area contributed by atoms with Gasteiger partial charge in [0.15, 0.2) is 5.92 Å². The fraction of sp³-hybridized carbons (Fsp3) is 1.00. The summed E-state index contributed by atoms with van der Waals surface area (Å²) in [7, 11) is 0. The van der Waals surface area contributed by atoms with Crippen LogP contribution in [0.4, 0.5) is 26.3 Å². The van der Waals surface area contributed by atoms with Crippen molar-refractivity contribution in [2.24, 2.45) is 5.92 Å². The summed E-state index contributed by atoms with van der Waals surface area (Å²) in [5.41, 5.74) is -0.783. The Labute approximate surface area is 83.8 Å². The minimum Gasteiger partial charge on any atom is -0.311 e. The lowest BCUT2D eigenvalue weighted by Gasteiger charge is -2.27. The van der Waals surface area contributed by atoms with Crippen molar-refractivity contribution in [3.8, 4) is 0 Å². The Hall–Kier alpha value is -0.460. The van der Waals surface area contributed by atoms with Crippen molar-refractivity contribution in [3.63, 3.8) is 0 Å². The first-order valence-electron chi connectivity index (χ1n) is 4.22. The van der Waals surface area contributed by atoms with Gasteiger partial charge in [0.25, 0.3) is 0 Å². The van der Waals surface area contributed by atoms with Gasteiger partial charge in [-0.15, -0.1) is 0 Å². The molecule has 7 heteroatoms. The van der Waals surface area contributed by atoms with E-state index in [1.165, 1.54) is 20.8 Å². The van der Waals surface area contributed by atoms with Crippen LogP contribution in [0.2, 0.25) is 0 Å². The molecule has 0 aliphatic heterocycles. The number of hydrogen-bond acceptors (Lipinski definition) is 1. The van der Waals surface area contributed by atoms with Crippen molar-refractivity contribution < 1.29 is 26.3 Å². The Morgan fingerprint density at radius 3 is 1.40 bits per heavy atom. The third kappa shape index (κ3) is 5.86. The molecule has 0 spiro atoms. The van der Waals surface area contributed by atoms with E-state index in [2.05, 4.69) is 5.32 Å². The van der Waals surface area contributed by atoms with E-state index in [1.54, 1.807) is 0 Å². The molecule has 0 aromatic carbocycles. The molecule has 0 heterocycles. The fourth-order valence-corrected chi connectivity index (χ4v) is 0.825. The molecule has 0 saturated heterocycles. The fourth-order valence-electron chi connectivity index (χ4n) is 0.825. The average molecular weight is 237 g/mol. The summed E-state index contributed by atoms with van der Waals surface area (Å²) in [6.07, 6.45) is -10.5. The molecule has 0 rings (SSSR count). The molecular formula is C8H13F6N. The molecule has 0 saturated carbocycles. The molecule has 1 N–H and O–H groups in total. The lowest BCUT2D eigenvalue weighted by Crippen LogP contribution is -2.48. The highest BCUT2D eigenvalue weighted by Crippen LogP contribution is 2.38. The van der Waals surface area contributed by atoms with E-state index in [4.69, 9.17) is 0 Å². The van der Waals surface area contributed by atoms with E-state index in [0.29, 0.717) is 0 Å². The van der Waals surface area contributed by atoms with Gasteiger partial charge >= 0.3 is 12.4 Å². The van der Waals surface area contributed by atoms with Crippen molar-refractivity contribution in [1.82, 2.24) is 5.32 Å². The molecular weight excluding hydrogens is 224 g/mol. The Bertz CT molecular complexity index is 185. The minimum absolute atomic E-state index is 0.783. The largest absolute Gasteiger partial charge is 0.401 e. The van der Waals surface area contributed by atoms with Crippen LogP contribution in [-0.2, 0) is 0 Å². The molecule has 1 nitrogen and oxygen atoms in total. The summed E-state index contributed by atoms with van der Waals surface area (Å²) >= 11 is 0. The first kappa shape index (κ1) is 14.5. The highest BCUT2D eigenvalue weighted by atomic mass is 19.4. The second kappa shape index (κ2) is 4.19. The van der Waals surface area contributed by atoms with Crippen molar-refractivity contribution >= 4 is 0 Å². The summed E-state index contributed by atoms with van der Waals surface area (Å²) in [5, 5.41) is 2.20. The van der Waals surface area contributed by atoms with Gasteiger partial charge in [-0.3, -0.25) is 0 Å². The first-order valence-corrected chi connectivity index (χ1v) is 4.22. The molecule has 0 fully saturated rings. The van der Waals surface area contributed by atoms with Crippen LogP contribution in [0.25, 0.3) is 0 Å². The minimum atomic E-state index is -5.27. The normalized spacial score (nSPS) is 14.8. The molecule has 0 atom stereocenters. The van der Waals surface area contributed by atoms with Crippen LogP contribution in [-0.4, -0.2) is 24.4 Å². The maximum atomic E-state index is 12.0. The molecule has 0 unspecified atom stereocenters. The molecule has 92 valence electrons. The number of nitrogens with one attached hydrogen (secondary N) is 1. The highest BCUT2D eigenvalue weighted by molar-refractivity contribution is 4.81. The first-order chi connectivity index (χ1) is 6.34. The smallest absolute Gasteiger partial charge is 0.311 e. The van der Waals surface area contributed by atoms with Crippen LogP contribution in [0.3, 0.4) is 0 Å². The van der Waals surface area contributed by atoms with Crippen LogP contribution in [0, 0.1) is 5.92 Å². The number of halogens is 6. The van der Waals surface area contributed by atoms with Crippen molar-refractivity contribution in [1.29, 1.82) is 0 Å². The number of rotatable bonds is 2. The Morgan fingerprint density at radius 2 is 1.20 bits per heavy atom. The third-order valence-electron chi connectivity index (χ3n) is 1.63. The van der Waals surface area contributed by atoms with E-state index < -0.39 is 30.4 Å². The number of alkyl halides is 6. The van der Waals surface area contributed by atoms with E-state index in [9.17, 15) is 26.3 Å². The standard InChI is InChI=1S/C8H13F6N/c1-6(2,3)15-4-5(7(9,10)11)8(12,13)14/h5,15H,4H2,1-3H3. The average Bonchev–Trinajstić information content (AvgIpc) is 1.75. The quantitative estimate of drug-likeness (QED) is 0.727. The summed E-state index contributed by atoms with van der Waals surface area (Å²) in [6, 6.07) is 0. The van der Waals surface area contributed by atoms with Crippen molar-refractivity contribution in [3.05, 3.63) is 0 Å². The summed E-state index contributed by atoms with van der Waals surface area (Å²) in [6.45, 7) is 3.33. The molecule has 0 aromatic rings. The Balaban J connectivity index is 4.56. The van der Waals surface area contributed by atoms with Gasteiger partial charge < -0.3 is 5.32 Å². The van der Waals surface area contributed by atoms with Gasteiger partial charge in [0.05, 0.1) is 0 Å². The lowest BCUT2D eigenvalue weighted by atomic mass is 10.0. The van der Waals surface area contributed by atoms with E-state index in [-0.39, 0.29) is 0 Å². The maximum absolute atomic E-state index is 12.0. The zero-order valence-electron chi connectivity index (χ0n) is 8.55. The predicted octanol–water partition coefficient (Wildman–Crippen LogP) is 3.12.